The van der Waals surface area contributed by atoms with Crippen LogP contribution in [0, 0.1) is 30.4 Å². The first kappa shape index (κ1) is 29.4. The van der Waals surface area contributed by atoms with Crippen molar-refractivity contribution >= 4 is 0 Å². The molecule has 198 valence electrons. The molecule has 0 amide bonds. The molecule has 1 aliphatic heterocycles. The summed E-state index contributed by atoms with van der Waals surface area (Å²) in [6.07, 6.45) is 2.70. The molecule has 3 aromatic rings. The Morgan fingerprint density at radius 1 is 1.08 bits per heavy atom. The molecular formula is C28H38F3N3O2. The number of aliphatic hydroxyl groups is 1. The van der Waals surface area contributed by atoms with Crippen LogP contribution in [0.2, 0.25) is 0 Å². The van der Waals surface area contributed by atoms with Crippen LogP contribution in [-0.2, 0) is 6.42 Å². The maximum Gasteiger partial charge on any atom is 0.221 e. The fraction of sp³-hybridized carbons (Fsp3) is 0.464. The van der Waals surface area contributed by atoms with Crippen molar-refractivity contribution in [3.05, 3.63) is 65.2 Å². The van der Waals surface area contributed by atoms with Gasteiger partial charge in [-0.3, -0.25) is 9.47 Å². The molecule has 1 saturated heterocycles. The molecule has 1 fully saturated rings. The Kier molecular flexibility index (Phi) is 11.5. The third-order valence-electron chi connectivity index (χ3n) is 5.91. The Morgan fingerprint density at radius 2 is 1.81 bits per heavy atom. The highest BCUT2D eigenvalue weighted by Gasteiger charge is 2.20. The molecule has 2 aromatic carbocycles. The number of benzene rings is 2. The highest BCUT2D eigenvalue weighted by atomic mass is 19.1. The summed E-state index contributed by atoms with van der Waals surface area (Å²) in [5.74, 6) is -0.539. The lowest BCUT2D eigenvalue weighted by Gasteiger charge is -2.11. The minimum Gasteiger partial charge on any atom is -0.494 e. The molecular weight excluding hydrogens is 467 g/mol. The van der Waals surface area contributed by atoms with Gasteiger partial charge in [-0.05, 0) is 49.4 Å². The highest BCUT2D eigenvalue weighted by molar-refractivity contribution is 5.60. The molecule has 1 N–H and O–H groups in total. The average Bonchev–Trinajstić information content (AvgIpc) is 3.44. The summed E-state index contributed by atoms with van der Waals surface area (Å²) in [5.41, 5.74) is 1.41. The van der Waals surface area contributed by atoms with Crippen LogP contribution in [0.5, 0.6) is 5.75 Å². The number of aromatic nitrogens is 2. The van der Waals surface area contributed by atoms with Gasteiger partial charge in [0.2, 0.25) is 5.95 Å². The van der Waals surface area contributed by atoms with E-state index in [9.17, 15) is 13.2 Å². The van der Waals surface area contributed by atoms with Gasteiger partial charge in [0, 0.05) is 24.7 Å². The first-order valence-corrected chi connectivity index (χ1v) is 12.5. The Hall–Kier alpha value is -2.84. The van der Waals surface area contributed by atoms with Gasteiger partial charge in [0.1, 0.15) is 11.6 Å². The summed E-state index contributed by atoms with van der Waals surface area (Å²) in [7, 11) is 1.35. The normalized spacial score (nSPS) is 15.1. The monoisotopic (exact) mass is 505 g/mol. The Morgan fingerprint density at radius 3 is 2.31 bits per heavy atom. The molecule has 4 rings (SSSR count). The van der Waals surface area contributed by atoms with Crippen LogP contribution in [-0.4, -0.2) is 46.5 Å². The lowest BCUT2D eigenvalue weighted by molar-refractivity contribution is 0.128. The van der Waals surface area contributed by atoms with E-state index < -0.39 is 11.8 Å². The Bertz CT molecular complexity index is 1120. The smallest absolute Gasteiger partial charge is 0.221 e. The second-order valence-corrected chi connectivity index (χ2v) is 8.63. The highest BCUT2D eigenvalue weighted by Crippen LogP contribution is 2.29. The maximum absolute atomic E-state index is 14.7. The number of imidazole rings is 1. The predicted octanol–water partition coefficient (Wildman–Crippen LogP) is 6.53. The van der Waals surface area contributed by atoms with E-state index in [1.807, 2.05) is 20.8 Å². The van der Waals surface area contributed by atoms with E-state index in [4.69, 9.17) is 9.84 Å². The molecule has 5 nitrogen and oxygen atoms in total. The van der Waals surface area contributed by atoms with E-state index in [2.05, 4.69) is 16.8 Å². The maximum atomic E-state index is 14.7. The van der Waals surface area contributed by atoms with E-state index >= 15 is 0 Å². The van der Waals surface area contributed by atoms with Crippen molar-refractivity contribution in [2.75, 3.05) is 26.9 Å². The number of nitrogens with zero attached hydrogens (tertiary/aromatic N) is 3. The summed E-state index contributed by atoms with van der Waals surface area (Å²) in [6.45, 7) is 12.1. The lowest BCUT2D eigenvalue weighted by atomic mass is 10.1. The van der Waals surface area contributed by atoms with Gasteiger partial charge in [0.05, 0.1) is 25.2 Å². The van der Waals surface area contributed by atoms with Gasteiger partial charge >= 0.3 is 0 Å². The van der Waals surface area contributed by atoms with E-state index in [-0.39, 0.29) is 35.5 Å². The SMILES string of the molecule is CC.CC1CCN(CO)C1.CCCc1ccc(-c2nc(C)c(F)n2-c2ccc(OC)c(F)c2)cc1F. The van der Waals surface area contributed by atoms with Crippen LogP contribution in [0.4, 0.5) is 13.2 Å². The van der Waals surface area contributed by atoms with Gasteiger partial charge < -0.3 is 9.84 Å². The molecule has 36 heavy (non-hydrogen) atoms. The van der Waals surface area contributed by atoms with E-state index in [1.54, 1.807) is 12.1 Å². The molecule has 2 heterocycles. The fourth-order valence-corrected chi connectivity index (χ4v) is 4.05. The van der Waals surface area contributed by atoms with Crippen molar-refractivity contribution in [2.24, 2.45) is 5.92 Å². The van der Waals surface area contributed by atoms with Crippen LogP contribution < -0.4 is 4.74 Å². The summed E-state index contributed by atoms with van der Waals surface area (Å²) in [4.78, 5) is 6.27. The number of hydrogen-bond donors (Lipinski definition) is 1. The van der Waals surface area contributed by atoms with Gasteiger partial charge in [-0.15, -0.1) is 0 Å². The molecule has 8 heteroatoms. The van der Waals surface area contributed by atoms with Crippen LogP contribution in [0.15, 0.2) is 36.4 Å². The standard InChI is InChI=1S/C20H19F3N2O.C6H13NO.C2H6/c1-4-5-13-6-7-14(10-16(13)21)20-24-12(2)19(23)25(20)15-8-9-18(26-3)17(22)11-15;1-6-2-3-7(4-6)5-8;1-2/h6-11H,4-5H2,1-3H3;6,8H,2-5H2,1H3;1-2H3. The zero-order valence-corrected chi connectivity index (χ0v) is 22.1. The zero-order chi connectivity index (χ0) is 26.8. The lowest BCUT2D eigenvalue weighted by Crippen LogP contribution is -2.20. The van der Waals surface area contributed by atoms with Crippen LogP contribution in [0.25, 0.3) is 17.1 Å². The Balaban J connectivity index is 0.000000384. The second-order valence-electron chi connectivity index (χ2n) is 8.63. The summed E-state index contributed by atoms with van der Waals surface area (Å²) < 4.78 is 49.1. The second kappa shape index (κ2) is 14.0. The predicted molar refractivity (Wildman–Crippen MR) is 138 cm³/mol. The number of aryl methyl sites for hydroxylation is 2. The van der Waals surface area contributed by atoms with Gasteiger partial charge in [-0.25, -0.2) is 13.8 Å². The quantitative estimate of drug-likeness (QED) is 0.414. The summed E-state index contributed by atoms with van der Waals surface area (Å²) in [5, 5.41) is 8.61. The molecule has 0 aliphatic carbocycles. The van der Waals surface area contributed by atoms with Crippen molar-refractivity contribution in [3.8, 4) is 22.8 Å². The van der Waals surface area contributed by atoms with Crippen molar-refractivity contribution in [3.63, 3.8) is 0 Å². The van der Waals surface area contributed by atoms with Crippen LogP contribution in [0.1, 0.15) is 51.8 Å². The molecule has 0 radical (unpaired) electrons. The Labute approximate surface area is 212 Å². The summed E-state index contributed by atoms with van der Waals surface area (Å²) in [6, 6.07) is 8.81. The number of ether oxygens (including phenoxy) is 1. The topological polar surface area (TPSA) is 50.5 Å². The van der Waals surface area contributed by atoms with Gasteiger partial charge in [-0.1, -0.05) is 46.2 Å². The van der Waals surface area contributed by atoms with Gasteiger partial charge in [-0.2, -0.15) is 4.39 Å². The number of aliphatic hydroxyl groups excluding tert-OH is 1. The van der Waals surface area contributed by atoms with Crippen molar-refractivity contribution in [2.45, 2.75) is 53.9 Å². The largest absolute Gasteiger partial charge is 0.494 e. The number of methoxy groups -OCH3 is 1. The van der Waals surface area contributed by atoms with Crippen molar-refractivity contribution < 1.29 is 23.0 Å². The first-order chi connectivity index (χ1) is 17.3. The molecule has 1 aromatic heterocycles. The van der Waals surface area contributed by atoms with Crippen LogP contribution >= 0.6 is 0 Å². The minimum absolute atomic E-state index is 0.0579. The third-order valence-corrected chi connectivity index (χ3v) is 5.91. The number of hydrogen-bond acceptors (Lipinski definition) is 4. The van der Waals surface area contributed by atoms with Crippen LogP contribution in [0.3, 0.4) is 0 Å². The average molecular weight is 506 g/mol. The van der Waals surface area contributed by atoms with Gasteiger partial charge in [0.15, 0.2) is 11.6 Å². The summed E-state index contributed by atoms with van der Waals surface area (Å²) >= 11 is 0. The van der Waals surface area contributed by atoms with E-state index in [0.717, 1.165) is 31.5 Å². The number of halogens is 3. The van der Waals surface area contributed by atoms with E-state index in [0.29, 0.717) is 17.5 Å². The molecule has 1 atom stereocenters. The fourth-order valence-electron chi connectivity index (χ4n) is 4.05. The molecule has 1 aliphatic rings. The zero-order valence-electron chi connectivity index (χ0n) is 22.1. The molecule has 0 bridgehead atoms. The van der Waals surface area contributed by atoms with Gasteiger partial charge in [0.25, 0.3) is 0 Å². The van der Waals surface area contributed by atoms with E-state index in [1.165, 1.54) is 43.2 Å². The van der Waals surface area contributed by atoms with Crippen molar-refractivity contribution in [1.29, 1.82) is 0 Å². The van der Waals surface area contributed by atoms with Crippen molar-refractivity contribution in [1.82, 2.24) is 14.5 Å². The number of rotatable bonds is 6. The molecule has 1 unspecified atom stereocenters. The first-order valence-electron chi connectivity index (χ1n) is 12.5. The molecule has 0 saturated carbocycles. The third kappa shape index (κ3) is 7.11. The molecule has 0 spiro atoms. The minimum atomic E-state index is -0.623. The number of likely N-dealkylation sites (tertiary alicyclic amines) is 1.